The first kappa shape index (κ1) is 48.6. The van der Waals surface area contributed by atoms with E-state index in [0.29, 0.717) is 73.3 Å². The van der Waals surface area contributed by atoms with Crippen molar-refractivity contribution in [3.05, 3.63) is 105 Å². The number of rotatable bonds is 30. The fraction of sp³-hybridized carbons (Fsp3) is 0.583. The average molecular weight is 1590 g/mol. The molecule has 9 aromatic rings. The van der Waals surface area contributed by atoms with E-state index in [0.717, 1.165) is 0 Å². The van der Waals surface area contributed by atoms with Crippen molar-refractivity contribution in [2.75, 3.05) is 72.6 Å². The number of aliphatic hydroxyl groups excluding tert-OH is 2. The van der Waals surface area contributed by atoms with Crippen molar-refractivity contribution in [2.45, 2.75) is 223 Å². The lowest BCUT2D eigenvalue weighted by atomic mass is 10.1. The zero-order chi connectivity index (χ0) is 104. The molecule has 18 atom stereocenters. The third kappa shape index (κ3) is 17.5. The van der Waals surface area contributed by atoms with E-state index in [-0.39, 0.29) is 97.4 Å². The molecule has 0 bridgehead atoms. The number of benzene rings is 3. The Morgan fingerprint density at radius 1 is 0.472 bits per heavy atom. The molecule has 0 saturated heterocycles. The minimum Gasteiger partial charge on any atom is -0.394 e. The maximum absolute atomic E-state index is 14.3. The third-order valence-corrected chi connectivity index (χ3v) is 19.0. The molecule has 15 rings (SSSR count). The van der Waals surface area contributed by atoms with Crippen LogP contribution in [-0.2, 0) is 14.2 Å². The van der Waals surface area contributed by atoms with Crippen LogP contribution in [0.15, 0.2) is 70.1 Å². The minimum atomic E-state index is -4.13. The molecule has 0 unspecified atom stereocenters. The van der Waals surface area contributed by atoms with Crippen LogP contribution in [0.5, 0.6) is 0 Å². The largest absolute Gasteiger partial charge is 0.394 e. The molecule has 6 aromatic heterocycles. The van der Waals surface area contributed by atoms with Gasteiger partial charge >= 0.3 is 0 Å². The molecule has 3 aromatic carbocycles. The van der Waals surface area contributed by atoms with Gasteiger partial charge in [-0.1, -0.05) is 108 Å². The fourth-order valence-corrected chi connectivity index (χ4v) is 12.5. The van der Waals surface area contributed by atoms with E-state index in [4.69, 9.17) is 56.7 Å². The van der Waals surface area contributed by atoms with E-state index in [1.54, 1.807) is 58.9 Å². The van der Waals surface area contributed by atoms with Crippen molar-refractivity contribution in [3.63, 3.8) is 0 Å². The van der Waals surface area contributed by atoms with Crippen LogP contribution < -0.4 is 16.0 Å². The van der Waals surface area contributed by atoms with Gasteiger partial charge < -0.3 is 76.1 Å². The summed E-state index contributed by atoms with van der Waals surface area (Å²) >= 11 is 1.56. The van der Waals surface area contributed by atoms with Gasteiger partial charge in [0.05, 0.1) is 97.8 Å². The summed E-state index contributed by atoms with van der Waals surface area (Å²) in [4.78, 5) is 25.4. The number of thioether (sulfide) groups is 3. The van der Waals surface area contributed by atoms with E-state index in [1.807, 2.05) is 0 Å². The monoisotopic (exact) mass is 1590 g/mol. The predicted octanol–water partition coefficient (Wildman–Crippen LogP) is 6.55. The average Bonchev–Trinajstić information content (AvgIpc) is 1.47. The second-order valence-electron chi connectivity index (χ2n) is 24.0. The van der Waals surface area contributed by atoms with Crippen LogP contribution in [0.2, 0.25) is 0 Å². The number of fused-ring (bicyclic) bond motifs is 3. The van der Waals surface area contributed by atoms with Crippen LogP contribution in [0.4, 0.5) is 30.6 Å². The first-order valence-corrected chi connectivity index (χ1v) is 35.6. The molecule has 582 valence electrons. The topological polar surface area (TPSA) is 415 Å². The Labute approximate surface area is 676 Å². The van der Waals surface area contributed by atoms with Crippen LogP contribution in [0.3, 0.4) is 0 Å². The molecule has 6 aliphatic carbocycles. The Balaban J connectivity index is 0.000000176. The van der Waals surface area contributed by atoms with Crippen molar-refractivity contribution >= 4 is 86.2 Å². The van der Waals surface area contributed by atoms with Gasteiger partial charge in [-0.25, -0.2) is 57.1 Å². The third-order valence-electron chi connectivity index (χ3n) is 16.6. The minimum absolute atomic E-state index is 0.00359. The van der Waals surface area contributed by atoms with E-state index in [2.05, 4.69) is 76.8 Å². The molecule has 6 fully saturated rings. The second-order valence-corrected chi connectivity index (χ2v) is 26.6. The van der Waals surface area contributed by atoms with E-state index in [9.17, 15) is 59.1 Å². The number of hydrogen-bond acceptors (Lipinski definition) is 30. The van der Waals surface area contributed by atoms with E-state index in [1.165, 1.54) is 37.3 Å². The molecule has 12 N–H and O–H groups in total. The van der Waals surface area contributed by atoms with Gasteiger partial charge in [0.25, 0.3) is 0 Å². The molecular formula is C72H93F3N18O12S3. The summed E-state index contributed by atoms with van der Waals surface area (Å²) in [7, 11) is 0. The Morgan fingerprint density at radius 3 is 1.09 bits per heavy atom. The van der Waals surface area contributed by atoms with Gasteiger partial charge in [-0.05, 0) is 111 Å². The lowest BCUT2D eigenvalue weighted by molar-refractivity contribution is -0.0629. The van der Waals surface area contributed by atoms with Crippen LogP contribution in [-0.4, -0.2) is 250 Å². The number of nitrogens with zero attached hydrogens (tertiary/aromatic N) is 15. The van der Waals surface area contributed by atoms with Crippen molar-refractivity contribution in [3.8, 4) is 0 Å². The Kier molecular flexibility index (Phi) is 15.8. The van der Waals surface area contributed by atoms with Gasteiger partial charge in [0.15, 0.2) is 66.4 Å². The van der Waals surface area contributed by atoms with Gasteiger partial charge in [0, 0.05) is 92.6 Å². The summed E-state index contributed by atoms with van der Waals surface area (Å²) in [5, 5.41) is 125. The summed E-state index contributed by atoms with van der Waals surface area (Å²) < 4.78 is 319. The zero-order valence-electron chi connectivity index (χ0n) is 88.8. The highest BCUT2D eigenvalue weighted by atomic mass is 32.2. The lowest BCUT2D eigenvalue weighted by Gasteiger charge is -2.17. The van der Waals surface area contributed by atoms with Gasteiger partial charge in [0.1, 0.15) is 53.9 Å². The van der Waals surface area contributed by atoms with Crippen LogP contribution >= 0.6 is 35.3 Å². The van der Waals surface area contributed by atoms with Crippen molar-refractivity contribution < 1.29 is 116 Å². The molecule has 6 saturated carbocycles. The number of aromatic nitrogens is 15. The number of anilines is 3. The van der Waals surface area contributed by atoms with E-state index >= 15 is 0 Å². The van der Waals surface area contributed by atoms with Crippen LogP contribution in [0.25, 0.3) is 33.5 Å². The Bertz CT molecular complexity index is 6280. The van der Waals surface area contributed by atoms with E-state index < -0.39 is 219 Å². The quantitative estimate of drug-likeness (QED) is 0.0168. The Hall–Kier alpha value is -7.14. The second kappa shape index (κ2) is 35.1. The first-order valence-electron chi connectivity index (χ1n) is 48.6. The fourth-order valence-electron chi connectivity index (χ4n) is 10.8. The number of ether oxygens (including phenoxy) is 3. The van der Waals surface area contributed by atoms with Crippen molar-refractivity contribution in [1.29, 1.82) is 0 Å². The molecule has 30 nitrogen and oxygen atoms in total. The summed E-state index contributed by atoms with van der Waals surface area (Å²) in [5.41, 5.74) is -6.38. The first-order chi connectivity index (χ1) is 63.3. The molecule has 6 heterocycles. The maximum Gasteiger partial charge on any atom is 0.191 e. The number of aryl methyl sites for hydroxylation is 3. The van der Waals surface area contributed by atoms with Crippen molar-refractivity contribution in [1.82, 2.24) is 74.9 Å². The smallest absolute Gasteiger partial charge is 0.191 e. The maximum atomic E-state index is 14.3. The molecule has 0 radical (unpaired) electrons. The van der Waals surface area contributed by atoms with Crippen LogP contribution in [0.1, 0.15) is 190 Å². The summed E-state index contributed by atoms with van der Waals surface area (Å²) in [6, 6.07) is -0.0363. The van der Waals surface area contributed by atoms with Gasteiger partial charge in [-0.2, -0.15) is 0 Å². The SMILES string of the molecule is [2H]C([2H])(CC)Sc1nc(N[C@@H]2C[C@@]2([2H])c2ccc(C)c(F)c2)c2nnn([C@]3([2H])C([2H])([2H])[C@]([2H])(OCCO)[C@@]([2H])(O)[C@@]3([2H])O)c2n1.[2H]C([2H])(CO)O[C@@]1([2H])C([2H])([2H])[C@@]([2H])(n2nnc3c(N[C@@H]4C[C@@]4([2H])c4ccc(C)c(F)c4)nc(SC([2H])([2H])CC)nc32)[C@]([2H])(O)[C@]1([2H])O.[2H]C([2H])(O)CO[C@@]1([2H])C([2H])([2H])[C@@]([2H])(n2nnc3c(N[C@@H]4C[C@@]4([2H])c4ccc(C)c(F)c4)nc(SC([2H])([2H])CC)nc32)[C@]([2H])(O)[C@]1([2H])O. The molecule has 0 amide bonds. The van der Waals surface area contributed by atoms with Gasteiger partial charge in [-0.3, -0.25) is 0 Å². The highest BCUT2D eigenvalue weighted by Gasteiger charge is 2.49. The molecule has 0 aliphatic heterocycles. The molecule has 0 spiro atoms. The molecule has 36 heteroatoms. The molecule has 6 aliphatic rings. The van der Waals surface area contributed by atoms with Gasteiger partial charge in [-0.15, -0.1) is 15.3 Å². The zero-order valence-corrected chi connectivity index (χ0v) is 60.3. The number of nitrogens with one attached hydrogen (secondary N) is 3. The summed E-state index contributed by atoms with van der Waals surface area (Å²) in [5.74, 6) is -6.04. The van der Waals surface area contributed by atoms with Crippen LogP contribution in [0, 0.1) is 38.2 Å². The molecule has 108 heavy (non-hydrogen) atoms. The number of aliphatic hydroxyl groups is 9. The summed E-state index contributed by atoms with van der Waals surface area (Å²) in [6.07, 6.45) is -46.2. The summed E-state index contributed by atoms with van der Waals surface area (Å²) in [6.45, 7) is -1.72. The number of hydrogen-bond donors (Lipinski definition) is 12. The van der Waals surface area contributed by atoms with Crippen molar-refractivity contribution in [2.24, 2.45) is 0 Å². The van der Waals surface area contributed by atoms with Gasteiger partial charge in [0.2, 0.25) is 0 Å². The lowest BCUT2D eigenvalue weighted by Crippen LogP contribution is -2.33. The normalized spacial score (nSPS) is 44.1. The number of halogens is 3. The predicted molar refractivity (Wildman–Crippen MR) is 398 cm³/mol. The highest BCUT2D eigenvalue weighted by molar-refractivity contribution is 7.99. The molecular weight excluding hydrogens is 1460 g/mol. The Morgan fingerprint density at radius 2 is 0.796 bits per heavy atom. The standard InChI is InChI=1S/3C24H31FN6O4S/c3*1-3-8-36-24-27-22(26-16-10-14(16)13-5-4-12(2)15(25)9-13)19-23(28-24)31(30-29-19)17-11-18(35-7-6-32)21(34)20(17)33/h3*4-5,9,14,16-18,20-21,32-34H,3,6-8,10-11H2,1-2H3,(H,26,27,28)/t3*14-,16+,17+,18-,20-,21+/m000/s1/i7D2,8D2,11D2,14D,17D,18D,20D,21D;6D2,8D2,11D2,14D,17D,18D,20D,21D;8D2,11D2,14D,17D,18D,20D,21D. The highest BCUT2D eigenvalue weighted by Crippen LogP contribution is 2.48.